The summed E-state index contributed by atoms with van der Waals surface area (Å²) in [4.78, 5) is 0. The zero-order valence-electron chi connectivity index (χ0n) is 11.3. The van der Waals surface area contributed by atoms with Crippen LogP contribution in [-0.4, -0.2) is 48.7 Å². The predicted octanol–water partition coefficient (Wildman–Crippen LogP) is 1.30. The first-order valence-electron chi connectivity index (χ1n) is 6.85. The van der Waals surface area contributed by atoms with E-state index < -0.39 is 6.10 Å². The number of hydrogen-bond donors (Lipinski definition) is 3. The molecule has 0 aromatic heterocycles. The van der Waals surface area contributed by atoms with E-state index in [4.69, 9.17) is 4.74 Å². The van der Waals surface area contributed by atoms with Gasteiger partial charge in [0.2, 0.25) is 0 Å². The Kier molecular flexibility index (Phi) is 12.2. The van der Waals surface area contributed by atoms with Gasteiger partial charge < -0.3 is 20.3 Å². The number of aliphatic hydroxyl groups excluding tert-OH is 2. The number of aliphatic hydroxyl groups is 2. The zero-order chi connectivity index (χ0) is 12.9. The normalized spacial score (nSPS) is 14.8. The molecule has 0 saturated heterocycles. The fourth-order valence-electron chi connectivity index (χ4n) is 1.47. The van der Waals surface area contributed by atoms with Crippen LogP contribution < -0.4 is 5.32 Å². The van der Waals surface area contributed by atoms with E-state index in [1.165, 1.54) is 19.3 Å². The molecule has 2 unspecified atom stereocenters. The Bertz CT molecular complexity index is 156. The second-order valence-electron chi connectivity index (χ2n) is 4.51. The molecular weight excluding hydrogens is 218 g/mol. The fourth-order valence-corrected chi connectivity index (χ4v) is 1.47. The first kappa shape index (κ1) is 16.8. The predicted molar refractivity (Wildman–Crippen MR) is 70.1 cm³/mol. The van der Waals surface area contributed by atoms with Gasteiger partial charge in [-0.15, -0.1) is 0 Å². The number of unbranched alkanes of at least 4 members (excludes halogenated alkanes) is 3. The Balaban J connectivity index is 3.20. The minimum atomic E-state index is -0.481. The van der Waals surface area contributed by atoms with Crippen LogP contribution in [0.5, 0.6) is 0 Å². The molecular formula is C13H29NO3. The third-order valence-corrected chi connectivity index (χ3v) is 2.68. The summed E-state index contributed by atoms with van der Waals surface area (Å²) in [7, 11) is 0. The molecule has 3 N–H and O–H groups in total. The Morgan fingerprint density at radius 1 is 1.00 bits per heavy atom. The van der Waals surface area contributed by atoms with Crippen molar-refractivity contribution in [3.63, 3.8) is 0 Å². The second kappa shape index (κ2) is 12.3. The molecule has 4 heteroatoms. The van der Waals surface area contributed by atoms with E-state index in [9.17, 15) is 10.2 Å². The van der Waals surface area contributed by atoms with Crippen LogP contribution in [0.2, 0.25) is 0 Å². The Morgan fingerprint density at radius 3 is 2.35 bits per heavy atom. The summed E-state index contributed by atoms with van der Waals surface area (Å²) >= 11 is 0. The van der Waals surface area contributed by atoms with Crippen LogP contribution >= 0.6 is 0 Å². The maximum Gasteiger partial charge on any atom is 0.0897 e. The highest BCUT2D eigenvalue weighted by Crippen LogP contribution is 1.99. The largest absolute Gasteiger partial charge is 0.392 e. The van der Waals surface area contributed by atoms with Crippen molar-refractivity contribution >= 4 is 0 Å². The molecule has 2 atom stereocenters. The highest BCUT2D eigenvalue weighted by Gasteiger charge is 2.05. The molecule has 0 aliphatic rings. The molecule has 0 aliphatic carbocycles. The number of nitrogens with one attached hydrogen (secondary N) is 1. The van der Waals surface area contributed by atoms with Gasteiger partial charge in [-0.05, 0) is 12.8 Å². The molecule has 0 spiro atoms. The summed E-state index contributed by atoms with van der Waals surface area (Å²) in [5.74, 6) is 0. The number of ether oxygens (including phenoxy) is 1. The third kappa shape index (κ3) is 12.1. The summed E-state index contributed by atoms with van der Waals surface area (Å²) in [6, 6.07) is 0. The fraction of sp³-hybridized carbons (Fsp3) is 1.00. The molecule has 0 aromatic rings. The summed E-state index contributed by atoms with van der Waals surface area (Å²) in [5, 5.41) is 21.9. The molecule has 4 nitrogen and oxygen atoms in total. The lowest BCUT2D eigenvalue weighted by molar-refractivity contribution is 0.0337. The molecule has 0 bridgehead atoms. The van der Waals surface area contributed by atoms with Gasteiger partial charge in [0.15, 0.2) is 0 Å². The average molecular weight is 247 g/mol. The van der Waals surface area contributed by atoms with Crippen molar-refractivity contribution in [3.05, 3.63) is 0 Å². The van der Waals surface area contributed by atoms with E-state index in [0.717, 1.165) is 19.4 Å². The molecule has 0 rings (SSSR count). The third-order valence-electron chi connectivity index (χ3n) is 2.68. The molecule has 0 aliphatic heterocycles. The quantitative estimate of drug-likeness (QED) is 0.455. The Labute approximate surface area is 105 Å². The van der Waals surface area contributed by atoms with Crippen LogP contribution in [0.3, 0.4) is 0 Å². The van der Waals surface area contributed by atoms with E-state index in [2.05, 4.69) is 12.2 Å². The zero-order valence-corrected chi connectivity index (χ0v) is 11.3. The van der Waals surface area contributed by atoms with E-state index in [1.54, 1.807) is 0 Å². The Hall–Kier alpha value is -0.160. The van der Waals surface area contributed by atoms with Gasteiger partial charge in [0, 0.05) is 19.7 Å². The van der Waals surface area contributed by atoms with Gasteiger partial charge in [-0.1, -0.05) is 33.1 Å². The Morgan fingerprint density at radius 2 is 1.71 bits per heavy atom. The van der Waals surface area contributed by atoms with Gasteiger partial charge in [0.25, 0.3) is 0 Å². The van der Waals surface area contributed by atoms with Crippen molar-refractivity contribution in [1.29, 1.82) is 0 Å². The summed E-state index contributed by atoms with van der Waals surface area (Å²) in [6.07, 6.45) is 4.68. The smallest absolute Gasteiger partial charge is 0.0897 e. The van der Waals surface area contributed by atoms with Gasteiger partial charge >= 0.3 is 0 Å². The lowest BCUT2D eigenvalue weighted by atomic mass is 10.2. The van der Waals surface area contributed by atoms with E-state index in [-0.39, 0.29) is 6.10 Å². The van der Waals surface area contributed by atoms with Crippen molar-refractivity contribution in [2.45, 2.75) is 58.2 Å². The van der Waals surface area contributed by atoms with Crippen molar-refractivity contribution < 1.29 is 14.9 Å². The highest BCUT2D eigenvalue weighted by molar-refractivity contribution is 4.62. The lowest BCUT2D eigenvalue weighted by Crippen LogP contribution is -2.35. The minimum absolute atomic E-state index is 0.322. The monoisotopic (exact) mass is 247 g/mol. The first-order chi connectivity index (χ1) is 8.20. The van der Waals surface area contributed by atoms with Gasteiger partial charge in [0.05, 0.1) is 18.8 Å². The summed E-state index contributed by atoms with van der Waals surface area (Å²) in [5.41, 5.74) is 0. The van der Waals surface area contributed by atoms with Gasteiger partial charge in [-0.3, -0.25) is 0 Å². The molecule has 17 heavy (non-hydrogen) atoms. The molecule has 0 heterocycles. The van der Waals surface area contributed by atoms with E-state index in [1.807, 2.05) is 6.92 Å². The van der Waals surface area contributed by atoms with Crippen LogP contribution in [-0.2, 0) is 4.74 Å². The van der Waals surface area contributed by atoms with Crippen molar-refractivity contribution in [2.75, 3.05) is 26.3 Å². The summed E-state index contributed by atoms with van der Waals surface area (Å²) in [6.45, 7) is 6.23. The first-order valence-corrected chi connectivity index (χ1v) is 6.85. The molecule has 0 fully saturated rings. The lowest BCUT2D eigenvalue weighted by Gasteiger charge is -2.14. The van der Waals surface area contributed by atoms with Crippen LogP contribution in [0.25, 0.3) is 0 Å². The van der Waals surface area contributed by atoms with Crippen molar-refractivity contribution in [3.8, 4) is 0 Å². The van der Waals surface area contributed by atoms with Crippen molar-refractivity contribution in [1.82, 2.24) is 5.32 Å². The van der Waals surface area contributed by atoms with Crippen LogP contribution in [0, 0.1) is 0 Å². The van der Waals surface area contributed by atoms with Crippen molar-refractivity contribution in [2.24, 2.45) is 0 Å². The topological polar surface area (TPSA) is 61.7 Å². The maximum absolute atomic E-state index is 9.57. The van der Waals surface area contributed by atoms with Gasteiger partial charge in [-0.2, -0.15) is 0 Å². The molecule has 0 radical (unpaired) electrons. The van der Waals surface area contributed by atoms with Crippen LogP contribution in [0.4, 0.5) is 0 Å². The maximum atomic E-state index is 9.57. The van der Waals surface area contributed by atoms with Crippen LogP contribution in [0.1, 0.15) is 46.0 Å². The molecule has 0 saturated carbocycles. The van der Waals surface area contributed by atoms with Gasteiger partial charge in [-0.25, -0.2) is 0 Å². The second-order valence-corrected chi connectivity index (χ2v) is 4.51. The average Bonchev–Trinajstić information content (AvgIpc) is 2.33. The SMILES string of the molecule is CCCCCCOCC(O)CNCC(O)CC. The number of rotatable bonds is 12. The van der Waals surface area contributed by atoms with Gasteiger partial charge in [0.1, 0.15) is 0 Å². The highest BCUT2D eigenvalue weighted by atomic mass is 16.5. The minimum Gasteiger partial charge on any atom is -0.392 e. The molecule has 0 aromatic carbocycles. The van der Waals surface area contributed by atoms with E-state index in [0.29, 0.717) is 19.7 Å². The molecule has 0 amide bonds. The standard InChI is InChI=1S/C13H29NO3/c1-3-5-6-7-8-17-11-13(16)10-14-9-12(15)4-2/h12-16H,3-11H2,1-2H3. The van der Waals surface area contributed by atoms with E-state index >= 15 is 0 Å². The molecule has 104 valence electrons. The number of hydrogen-bond acceptors (Lipinski definition) is 4. The summed E-state index contributed by atoms with van der Waals surface area (Å²) < 4.78 is 5.37. The van der Waals surface area contributed by atoms with Crippen LogP contribution in [0.15, 0.2) is 0 Å².